The van der Waals surface area contributed by atoms with Gasteiger partial charge in [-0.05, 0) is 41.3 Å². The van der Waals surface area contributed by atoms with Gasteiger partial charge in [-0.15, -0.1) is 0 Å². The topological polar surface area (TPSA) is 32.7 Å². The molecule has 2 atom stereocenters. The van der Waals surface area contributed by atoms with Crippen LogP contribution in [0.5, 0.6) is 0 Å². The van der Waals surface area contributed by atoms with Gasteiger partial charge in [0.1, 0.15) is 0 Å². The number of nitrogens with zero attached hydrogens (tertiary/aromatic N) is 1. The van der Waals surface area contributed by atoms with Crippen molar-refractivity contribution in [3.8, 4) is 0 Å². The minimum Gasteiger partial charge on any atom is -0.389 e. The molecule has 0 unspecified atom stereocenters. The lowest BCUT2D eigenvalue weighted by Crippen LogP contribution is -2.39. The summed E-state index contributed by atoms with van der Waals surface area (Å²) in [5.41, 5.74) is 2.45. The van der Waals surface area contributed by atoms with Crippen molar-refractivity contribution in [2.75, 3.05) is 13.2 Å². The fraction of sp³-hybridized carbons (Fsp3) is 0.474. The SMILES string of the molecule is CC[C@@H](C)N(Cc1ccsc1)C[C@@H](O)COCc1ccccc1. The highest BCUT2D eigenvalue weighted by atomic mass is 32.1. The van der Waals surface area contributed by atoms with Gasteiger partial charge in [-0.2, -0.15) is 11.3 Å². The number of ether oxygens (including phenoxy) is 1. The van der Waals surface area contributed by atoms with Gasteiger partial charge in [0, 0.05) is 19.1 Å². The Labute approximate surface area is 143 Å². The molecule has 0 aliphatic rings. The Bertz CT molecular complexity index is 530. The number of rotatable bonds is 10. The van der Waals surface area contributed by atoms with Gasteiger partial charge < -0.3 is 9.84 Å². The van der Waals surface area contributed by atoms with Crippen LogP contribution in [-0.4, -0.2) is 35.3 Å². The van der Waals surface area contributed by atoms with Gasteiger partial charge in [0.25, 0.3) is 0 Å². The predicted molar refractivity (Wildman–Crippen MR) is 96.6 cm³/mol. The van der Waals surface area contributed by atoms with E-state index in [0.717, 1.165) is 18.5 Å². The van der Waals surface area contributed by atoms with Gasteiger partial charge in [0.05, 0.1) is 19.3 Å². The number of benzene rings is 1. The molecule has 1 aromatic carbocycles. The first-order chi connectivity index (χ1) is 11.2. The molecule has 0 fully saturated rings. The second-order valence-electron chi connectivity index (χ2n) is 5.97. The second-order valence-corrected chi connectivity index (χ2v) is 6.75. The summed E-state index contributed by atoms with van der Waals surface area (Å²) in [4.78, 5) is 2.33. The number of aliphatic hydroxyl groups is 1. The lowest BCUT2D eigenvalue weighted by Gasteiger charge is -2.30. The van der Waals surface area contributed by atoms with Crippen LogP contribution in [0.3, 0.4) is 0 Å². The molecule has 126 valence electrons. The van der Waals surface area contributed by atoms with E-state index in [-0.39, 0.29) is 0 Å². The first kappa shape index (κ1) is 18.1. The number of hydrogen-bond donors (Lipinski definition) is 1. The van der Waals surface area contributed by atoms with Crippen molar-refractivity contribution in [3.05, 3.63) is 58.3 Å². The van der Waals surface area contributed by atoms with Gasteiger partial charge in [-0.1, -0.05) is 37.3 Å². The zero-order chi connectivity index (χ0) is 16.5. The van der Waals surface area contributed by atoms with Crippen molar-refractivity contribution in [2.24, 2.45) is 0 Å². The molecule has 0 aliphatic heterocycles. The molecule has 1 N–H and O–H groups in total. The van der Waals surface area contributed by atoms with Crippen molar-refractivity contribution in [1.82, 2.24) is 4.90 Å². The van der Waals surface area contributed by atoms with E-state index in [1.165, 1.54) is 5.56 Å². The molecule has 1 aromatic heterocycles. The Morgan fingerprint density at radius 3 is 2.61 bits per heavy atom. The van der Waals surface area contributed by atoms with E-state index >= 15 is 0 Å². The van der Waals surface area contributed by atoms with Crippen LogP contribution in [0.15, 0.2) is 47.2 Å². The van der Waals surface area contributed by atoms with Crippen LogP contribution in [0, 0.1) is 0 Å². The molecular weight excluding hydrogens is 306 g/mol. The standard InChI is InChI=1S/C19H27NO2S/c1-3-16(2)20(11-18-9-10-23-15-18)12-19(21)14-22-13-17-7-5-4-6-8-17/h4-10,15-16,19,21H,3,11-14H2,1-2H3/t16-,19-/m1/s1. The second kappa shape index (κ2) is 9.83. The summed E-state index contributed by atoms with van der Waals surface area (Å²) in [5, 5.41) is 14.6. The van der Waals surface area contributed by atoms with Gasteiger partial charge in [-0.3, -0.25) is 4.90 Å². The molecule has 2 aromatic rings. The fourth-order valence-corrected chi connectivity index (χ4v) is 3.15. The minimum atomic E-state index is -0.466. The van der Waals surface area contributed by atoms with Crippen molar-refractivity contribution < 1.29 is 9.84 Å². The molecule has 23 heavy (non-hydrogen) atoms. The monoisotopic (exact) mass is 333 g/mol. The van der Waals surface area contributed by atoms with Gasteiger partial charge in [0.2, 0.25) is 0 Å². The maximum absolute atomic E-state index is 10.3. The summed E-state index contributed by atoms with van der Waals surface area (Å²) in [6, 6.07) is 12.7. The van der Waals surface area contributed by atoms with E-state index in [2.05, 4.69) is 35.6 Å². The summed E-state index contributed by atoms with van der Waals surface area (Å²) in [5.74, 6) is 0. The molecular formula is C19H27NO2S. The van der Waals surface area contributed by atoms with Crippen LogP contribution >= 0.6 is 11.3 Å². The minimum absolute atomic E-state index is 0.367. The largest absolute Gasteiger partial charge is 0.389 e. The highest BCUT2D eigenvalue weighted by Crippen LogP contribution is 2.14. The third kappa shape index (κ3) is 6.43. The van der Waals surface area contributed by atoms with Crippen LogP contribution in [-0.2, 0) is 17.9 Å². The summed E-state index contributed by atoms with van der Waals surface area (Å²) in [7, 11) is 0. The van der Waals surface area contributed by atoms with Crippen LogP contribution in [0.25, 0.3) is 0 Å². The van der Waals surface area contributed by atoms with Crippen molar-refractivity contribution in [3.63, 3.8) is 0 Å². The van der Waals surface area contributed by atoms with Crippen LogP contribution in [0.2, 0.25) is 0 Å². The van der Waals surface area contributed by atoms with E-state index in [1.807, 2.05) is 30.3 Å². The highest BCUT2D eigenvalue weighted by Gasteiger charge is 2.17. The van der Waals surface area contributed by atoms with Crippen LogP contribution in [0.4, 0.5) is 0 Å². The molecule has 1 heterocycles. The number of thiophene rings is 1. The lowest BCUT2D eigenvalue weighted by molar-refractivity contribution is 0.00147. The Balaban J connectivity index is 1.78. The molecule has 0 amide bonds. The lowest BCUT2D eigenvalue weighted by atomic mass is 10.1. The summed E-state index contributed by atoms with van der Waals surface area (Å²) in [6.45, 7) is 6.83. The van der Waals surface area contributed by atoms with E-state index in [4.69, 9.17) is 4.74 Å². The molecule has 0 saturated heterocycles. The van der Waals surface area contributed by atoms with Gasteiger partial charge in [-0.25, -0.2) is 0 Å². The highest BCUT2D eigenvalue weighted by molar-refractivity contribution is 7.07. The Kier molecular flexibility index (Phi) is 7.76. The quantitative estimate of drug-likeness (QED) is 0.715. The van der Waals surface area contributed by atoms with Crippen molar-refractivity contribution >= 4 is 11.3 Å². The fourth-order valence-electron chi connectivity index (χ4n) is 2.49. The zero-order valence-electron chi connectivity index (χ0n) is 14.0. The summed E-state index contributed by atoms with van der Waals surface area (Å²) < 4.78 is 5.66. The maximum atomic E-state index is 10.3. The Hall–Kier alpha value is -1.20. The average Bonchev–Trinajstić information content (AvgIpc) is 3.07. The van der Waals surface area contributed by atoms with Crippen LogP contribution in [0.1, 0.15) is 31.4 Å². The van der Waals surface area contributed by atoms with E-state index in [0.29, 0.717) is 25.8 Å². The van der Waals surface area contributed by atoms with Crippen molar-refractivity contribution in [2.45, 2.75) is 45.6 Å². The van der Waals surface area contributed by atoms with Crippen molar-refractivity contribution in [1.29, 1.82) is 0 Å². The maximum Gasteiger partial charge on any atom is 0.0900 e. The summed E-state index contributed by atoms with van der Waals surface area (Å²) in [6.07, 6.45) is 0.605. The zero-order valence-corrected chi connectivity index (χ0v) is 14.8. The third-order valence-electron chi connectivity index (χ3n) is 4.05. The average molecular weight is 333 g/mol. The van der Waals surface area contributed by atoms with Gasteiger partial charge >= 0.3 is 0 Å². The van der Waals surface area contributed by atoms with Gasteiger partial charge in [0.15, 0.2) is 0 Å². The van der Waals surface area contributed by atoms with E-state index < -0.39 is 6.10 Å². The molecule has 0 aliphatic carbocycles. The number of hydrogen-bond acceptors (Lipinski definition) is 4. The molecule has 0 spiro atoms. The van der Waals surface area contributed by atoms with E-state index in [1.54, 1.807) is 11.3 Å². The Morgan fingerprint density at radius 1 is 1.17 bits per heavy atom. The first-order valence-corrected chi connectivity index (χ1v) is 9.18. The normalized spacial score (nSPS) is 14.1. The molecule has 0 bridgehead atoms. The smallest absolute Gasteiger partial charge is 0.0900 e. The molecule has 0 radical (unpaired) electrons. The first-order valence-electron chi connectivity index (χ1n) is 8.24. The molecule has 2 rings (SSSR count). The predicted octanol–water partition coefficient (Wildman–Crippen LogP) is 3.93. The molecule has 3 nitrogen and oxygen atoms in total. The summed E-state index contributed by atoms with van der Waals surface area (Å²) >= 11 is 1.72. The van der Waals surface area contributed by atoms with E-state index in [9.17, 15) is 5.11 Å². The molecule has 0 saturated carbocycles. The number of aliphatic hydroxyl groups excluding tert-OH is 1. The molecule has 4 heteroatoms. The Morgan fingerprint density at radius 2 is 1.96 bits per heavy atom. The van der Waals surface area contributed by atoms with Crippen LogP contribution < -0.4 is 0 Å². The third-order valence-corrected chi connectivity index (χ3v) is 4.78.